The molecule has 1 aliphatic carbocycles. The fourth-order valence-electron chi connectivity index (χ4n) is 3.62. The second-order valence-electron chi connectivity index (χ2n) is 5.93. The Balaban J connectivity index is 2.56. The van der Waals surface area contributed by atoms with Crippen LogP contribution in [0, 0.1) is 23.7 Å². The lowest BCUT2D eigenvalue weighted by Gasteiger charge is -2.37. The summed E-state index contributed by atoms with van der Waals surface area (Å²) in [4.78, 5) is 0. The van der Waals surface area contributed by atoms with E-state index in [1.54, 1.807) is 0 Å². The Morgan fingerprint density at radius 3 is 2.12 bits per heavy atom. The fourth-order valence-corrected chi connectivity index (χ4v) is 3.62. The molecule has 0 amide bonds. The van der Waals surface area contributed by atoms with Crippen molar-refractivity contribution in [2.75, 3.05) is 0 Å². The summed E-state index contributed by atoms with van der Waals surface area (Å²) in [5, 5.41) is 0. The van der Waals surface area contributed by atoms with Gasteiger partial charge in [-0.25, -0.2) is 0 Å². The summed E-state index contributed by atoms with van der Waals surface area (Å²) >= 11 is 0. The predicted molar refractivity (Wildman–Crippen MR) is 78.1 cm³/mol. The summed E-state index contributed by atoms with van der Waals surface area (Å²) < 4.78 is 0. The van der Waals surface area contributed by atoms with Crippen LogP contribution < -0.4 is 0 Å². The lowest BCUT2D eigenvalue weighted by Crippen LogP contribution is -2.29. The van der Waals surface area contributed by atoms with Crippen molar-refractivity contribution in [1.29, 1.82) is 0 Å². The van der Waals surface area contributed by atoms with Gasteiger partial charge in [0.2, 0.25) is 0 Å². The Morgan fingerprint density at radius 2 is 1.53 bits per heavy atom. The molecule has 17 heavy (non-hydrogen) atoms. The number of hydrogen-bond acceptors (Lipinski definition) is 0. The maximum atomic E-state index is 2.56. The van der Waals surface area contributed by atoms with E-state index >= 15 is 0 Å². The van der Waals surface area contributed by atoms with Crippen LogP contribution in [0.5, 0.6) is 0 Å². The SMILES string of the molecule is CCCCCC1C=CC(CCC)C(C)C1CC. The van der Waals surface area contributed by atoms with Gasteiger partial charge in [-0.15, -0.1) is 0 Å². The van der Waals surface area contributed by atoms with Crippen molar-refractivity contribution in [3.05, 3.63) is 12.2 Å². The van der Waals surface area contributed by atoms with E-state index in [1.807, 2.05) is 0 Å². The third kappa shape index (κ3) is 4.16. The third-order valence-corrected chi connectivity index (χ3v) is 4.74. The smallest absolute Gasteiger partial charge is 0.0202 e. The summed E-state index contributed by atoms with van der Waals surface area (Å²) in [6.45, 7) is 9.49. The van der Waals surface area contributed by atoms with Crippen LogP contribution >= 0.6 is 0 Å². The van der Waals surface area contributed by atoms with Crippen molar-refractivity contribution < 1.29 is 0 Å². The van der Waals surface area contributed by atoms with E-state index in [0.717, 1.165) is 23.7 Å². The third-order valence-electron chi connectivity index (χ3n) is 4.74. The van der Waals surface area contributed by atoms with Crippen molar-refractivity contribution in [3.63, 3.8) is 0 Å². The zero-order valence-electron chi connectivity index (χ0n) is 12.4. The van der Waals surface area contributed by atoms with Crippen LogP contribution in [0.15, 0.2) is 12.2 Å². The van der Waals surface area contributed by atoms with Crippen LogP contribution in [0.4, 0.5) is 0 Å². The van der Waals surface area contributed by atoms with Gasteiger partial charge in [0.05, 0.1) is 0 Å². The van der Waals surface area contributed by atoms with Gasteiger partial charge in [-0.2, -0.15) is 0 Å². The van der Waals surface area contributed by atoms with Gasteiger partial charge in [-0.3, -0.25) is 0 Å². The van der Waals surface area contributed by atoms with Crippen LogP contribution in [0.3, 0.4) is 0 Å². The average molecular weight is 236 g/mol. The van der Waals surface area contributed by atoms with E-state index in [2.05, 4.69) is 39.8 Å². The molecule has 4 unspecified atom stereocenters. The molecular weight excluding hydrogens is 204 g/mol. The molecule has 0 radical (unpaired) electrons. The maximum Gasteiger partial charge on any atom is -0.0202 e. The molecule has 100 valence electrons. The highest BCUT2D eigenvalue weighted by atomic mass is 14.4. The highest BCUT2D eigenvalue weighted by molar-refractivity contribution is 5.03. The first-order chi connectivity index (χ1) is 8.24. The molecular formula is C17H32. The molecule has 0 nitrogen and oxygen atoms in total. The van der Waals surface area contributed by atoms with Crippen LogP contribution in [0.1, 0.15) is 72.6 Å². The number of unbranched alkanes of at least 4 members (excludes halogenated alkanes) is 2. The van der Waals surface area contributed by atoms with Gasteiger partial charge in [0, 0.05) is 0 Å². The van der Waals surface area contributed by atoms with Gasteiger partial charge in [-0.05, 0) is 36.5 Å². The van der Waals surface area contributed by atoms with Gasteiger partial charge in [0.15, 0.2) is 0 Å². The van der Waals surface area contributed by atoms with Gasteiger partial charge in [0.25, 0.3) is 0 Å². The van der Waals surface area contributed by atoms with Crippen molar-refractivity contribution in [3.8, 4) is 0 Å². The largest absolute Gasteiger partial charge is 0.0849 e. The minimum absolute atomic E-state index is 0.854. The summed E-state index contributed by atoms with van der Waals surface area (Å²) in [6.07, 6.45) is 14.8. The van der Waals surface area contributed by atoms with Gasteiger partial charge in [0.1, 0.15) is 0 Å². The summed E-state index contributed by atoms with van der Waals surface area (Å²) in [6, 6.07) is 0. The van der Waals surface area contributed by atoms with E-state index in [-0.39, 0.29) is 0 Å². The van der Waals surface area contributed by atoms with Gasteiger partial charge < -0.3 is 0 Å². The first-order valence-electron chi connectivity index (χ1n) is 7.92. The summed E-state index contributed by atoms with van der Waals surface area (Å²) in [5.41, 5.74) is 0. The van der Waals surface area contributed by atoms with E-state index in [1.165, 1.54) is 44.9 Å². The molecule has 0 spiro atoms. The molecule has 0 fully saturated rings. The Hall–Kier alpha value is -0.260. The second-order valence-corrected chi connectivity index (χ2v) is 5.93. The number of hydrogen-bond donors (Lipinski definition) is 0. The normalized spacial score (nSPS) is 32.9. The molecule has 0 aromatic rings. The van der Waals surface area contributed by atoms with Crippen molar-refractivity contribution in [1.82, 2.24) is 0 Å². The molecule has 0 heterocycles. The predicted octanol–water partition coefficient (Wildman–Crippen LogP) is 5.83. The van der Waals surface area contributed by atoms with Crippen LogP contribution in [0.2, 0.25) is 0 Å². The standard InChI is InChI=1S/C17H32/c1-5-8-9-11-16-13-12-15(10-6-2)14(4)17(16)7-3/h12-17H,5-11H2,1-4H3. The lowest BCUT2D eigenvalue weighted by molar-refractivity contribution is 0.185. The Morgan fingerprint density at radius 1 is 0.824 bits per heavy atom. The number of rotatable bonds is 7. The van der Waals surface area contributed by atoms with E-state index in [4.69, 9.17) is 0 Å². The first-order valence-corrected chi connectivity index (χ1v) is 7.92. The first kappa shape index (κ1) is 14.8. The molecule has 0 saturated heterocycles. The summed E-state index contributed by atoms with van der Waals surface area (Å²) in [5.74, 6) is 3.56. The molecule has 0 heteroatoms. The van der Waals surface area contributed by atoms with Crippen molar-refractivity contribution in [2.45, 2.75) is 72.6 Å². The summed E-state index contributed by atoms with van der Waals surface area (Å²) in [7, 11) is 0. The van der Waals surface area contributed by atoms with Gasteiger partial charge >= 0.3 is 0 Å². The Kier molecular flexibility index (Phi) is 6.92. The minimum atomic E-state index is 0.854. The minimum Gasteiger partial charge on any atom is -0.0849 e. The van der Waals surface area contributed by atoms with Crippen LogP contribution in [-0.2, 0) is 0 Å². The molecule has 0 aliphatic heterocycles. The Labute approximate surface area is 109 Å². The van der Waals surface area contributed by atoms with Crippen LogP contribution in [0.25, 0.3) is 0 Å². The molecule has 1 rings (SSSR count). The average Bonchev–Trinajstić information content (AvgIpc) is 2.33. The van der Waals surface area contributed by atoms with E-state index in [9.17, 15) is 0 Å². The molecule has 0 saturated carbocycles. The fraction of sp³-hybridized carbons (Fsp3) is 0.882. The van der Waals surface area contributed by atoms with Crippen LogP contribution in [-0.4, -0.2) is 0 Å². The van der Waals surface area contributed by atoms with E-state index < -0.39 is 0 Å². The maximum absolute atomic E-state index is 2.56. The molecule has 1 aliphatic rings. The van der Waals surface area contributed by atoms with Crippen molar-refractivity contribution >= 4 is 0 Å². The van der Waals surface area contributed by atoms with E-state index in [0.29, 0.717) is 0 Å². The zero-order valence-corrected chi connectivity index (χ0v) is 12.4. The molecule has 0 aromatic carbocycles. The molecule has 0 bridgehead atoms. The van der Waals surface area contributed by atoms with Gasteiger partial charge in [-0.1, -0.05) is 72.0 Å². The molecule has 0 aromatic heterocycles. The molecule has 0 N–H and O–H groups in total. The lowest BCUT2D eigenvalue weighted by atomic mass is 9.68. The quantitative estimate of drug-likeness (QED) is 0.385. The zero-order chi connectivity index (χ0) is 12.7. The highest BCUT2D eigenvalue weighted by Crippen LogP contribution is 2.40. The topological polar surface area (TPSA) is 0 Å². The van der Waals surface area contributed by atoms with Crippen molar-refractivity contribution in [2.24, 2.45) is 23.7 Å². The second kappa shape index (κ2) is 7.95. The molecule has 4 atom stereocenters. The Bertz CT molecular complexity index is 216. The number of allylic oxidation sites excluding steroid dienone is 2. The monoisotopic (exact) mass is 236 g/mol. The highest BCUT2D eigenvalue weighted by Gasteiger charge is 2.31.